The van der Waals surface area contributed by atoms with Crippen molar-refractivity contribution in [3.63, 3.8) is 0 Å². The molecular weight excluding hydrogens is 151 g/mol. The van der Waals surface area contributed by atoms with Crippen LogP contribution >= 0.6 is 0 Å². The smallest absolute Gasteiger partial charge is 1.00 e. The zero-order chi connectivity index (χ0) is 5.86. The van der Waals surface area contributed by atoms with E-state index in [2.05, 4.69) is 0 Å². The molecule has 0 rings (SSSR count). The molecule has 0 saturated heterocycles. The fourth-order valence-electron chi connectivity index (χ4n) is 0.143. The van der Waals surface area contributed by atoms with Gasteiger partial charge in [-0.25, -0.2) is 4.21 Å². The molecule has 4 heteroatoms. The van der Waals surface area contributed by atoms with Crippen molar-refractivity contribution in [2.75, 3.05) is 0 Å². The van der Waals surface area contributed by atoms with Crippen LogP contribution < -0.4 is 51.4 Å². The third kappa shape index (κ3) is 5.88. The van der Waals surface area contributed by atoms with Gasteiger partial charge in [-0.1, -0.05) is 6.92 Å². The molecule has 1 N–H and O–H groups in total. The Bertz CT molecular complexity index is 81.0. The fourth-order valence-corrected chi connectivity index (χ4v) is 0.428. The first kappa shape index (κ1) is 12.4. The van der Waals surface area contributed by atoms with Crippen molar-refractivity contribution >= 4 is 11.1 Å². The fraction of sp³-hybridized carbons (Fsp3) is 1.00. The minimum atomic E-state index is -1.61. The van der Waals surface area contributed by atoms with Crippen molar-refractivity contribution in [3.8, 4) is 0 Å². The second kappa shape index (κ2) is 6.86. The Morgan fingerprint density at radius 3 is 2.25 bits per heavy atom. The van der Waals surface area contributed by atoms with Gasteiger partial charge in [0, 0.05) is 0 Å². The summed E-state index contributed by atoms with van der Waals surface area (Å²) in [5.41, 5.74) is 0. The van der Waals surface area contributed by atoms with Gasteiger partial charge in [-0.05, 0) is 13.3 Å². The van der Waals surface area contributed by atoms with E-state index in [-0.39, 0.29) is 58.1 Å². The molecule has 2 nitrogen and oxygen atoms in total. The summed E-state index contributed by atoms with van der Waals surface area (Å²) in [6.45, 7) is 3.63. The van der Waals surface area contributed by atoms with Crippen LogP contribution in [0.1, 0.15) is 21.7 Å². The quantitative estimate of drug-likeness (QED) is 0.381. The van der Waals surface area contributed by atoms with Crippen LogP contribution in [0.5, 0.6) is 0 Å². The summed E-state index contributed by atoms with van der Waals surface area (Å²) in [6.07, 6.45) is 0.767. The molecule has 2 unspecified atom stereocenters. The van der Waals surface area contributed by atoms with E-state index in [9.17, 15) is 4.21 Å². The van der Waals surface area contributed by atoms with Crippen LogP contribution in [0.3, 0.4) is 0 Å². The Hall–Kier alpha value is 1.75. The third-order valence-electron chi connectivity index (χ3n) is 0.919. The summed E-state index contributed by atoms with van der Waals surface area (Å²) in [5.74, 6) is 0. The molecule has 0 radical (unpaired) electrons. The largest absolute Gasteiger partial charge is 1.00 e. The van der Waals surface area contributed by atoms with E-state index in [4.69, 9.17) is 4.55 Å². The summed E-state index contributed by atoms with van der Waals surface area (Å²) >= 11 is -1.61. The van der Waals surface area contributed by atoms with E-state index in [1.54, 1.807) is 6.92 Å². The van der Waals surface area contributed by atoms with E-state index in [0.29, 0.717) is 0 Å². The Morgan fingerprint density at radius 2 is 2.25 bits per heavy atom. The maximum atomic E-state index is 10.0. The Balaban J connectivity index is -0.000000180. The van der Waals surface area contributed by atoms with Crippen LogP contribution in [-0.4, -0.2) is 14.0 Å². The van der Waals surface area contributed by atoms with E-state index in [1.165, 1.54) is 0 Å². The molecule has 0 aromatic carbocycles. The van der Waals surface area contributed by atoms with Gasteiger partial charge < -0.3 is 5.98 Å². The molecule has 0 spiro atoms. The van der Waals surface area contributed by atoms with Crippen molar-refractivity contribution in [1.29, 1.82) is 0 Å². The van der Waals surface area contributed by atoms with Gasteiger partial charge in [0.25, 0.3) is 0 Å². The number of hydrogen-bond donors (Lipinski definition) is 1. The maximum Gasteiger partial charge on any atom is 1.00 e. The van der Waals surface area contributed by atoms with Gasteiger partial charge in [0.05, 0.1) is 5.25 Å². The van der Waals surface area contributed by atoms with Crippen molar-refractivity contribution < 1.29 is 61.6 Å². The number of rotatable bonds is 2. The second-order valence-corrected chi connectivity index (χ2v) is 2.85. The van der Waals surface area contributed by atoms with E-state index in [0.717, 1.165) is 6.42 Å². The summed E-state index contributed by atoms with van der Waals surface area (Å²) in [6, 6.07) is 0. The summed E-state index contributed by atoms with van der Waals surface area (Å²) < 4.78 is 18.3. The predicted octanol–water partition coefficient (Wildman–Crippen LogP) is -1.88. The summed E-state index contributed by atoms with van der Waals surface area (Å²) in [7, 11) is 0. The molecule has 0 saturated carbocycles. The first-order valence-corrected chi connectivity index (χ1v) is 3.45. The summed E-state index contributed by atoms with van der Waals surface area (Å²) in [5, 5.41) is -0.0694. The van der Waals surface area contributed by atoms with Gasteiger partial charge >= 0.3 is 51.4 Å². The maximum absolute atomic E-state index is 10.0. The van der Waals surface area contributed by atoms with Gasteiger partial charge in [0.15, 0.2) is 11.1 Å². The van der Waals surface area contributed by atoms with Gasteiger partial charge in [0.2, 0.25) is 0 Å². The average Bonchev–Trinajstić information content (AvgIpc) is 1.65. The molecule has 0 aliphatic rings. The van der Waals surface area contributed by atoms with E-state index < -0.39 is 11.1 Å². The molecule has 0 heterocycles. The Kier molecular flexibility index (Phi) is 10.7. The molecule has 0 fully saturated rings. The van der Waals surface area contributed by atoms with Crippen LogP contribution in [0.2, 0.25) is 0 Å². The van der Waals surface area contributed by atoms with Crippen molar-refractivity contribution in [3.05, 3.63) is 0 Å². The predicted molar refractivity (Wildman–Crippen MR) is 31.6 cm³/mol. The Labute approximate surface area is 96.6 Å². The molecule has 8 heavy (non-hydrogen) atoms. The van der Waals surface area contributed by atoms with Crippen molar-refractivity contribution in [1.82, 2.24) is 0 Å². The number of hydrogen-bond acceptors (Lipinski definition) is 1. The molecule has 0 aromatic rings. The molecule has 0 aliphatic carbocycles. The monoisotopic (exact) mass is 162 g/mol. The van der Waals surface area contributed by atoms with Gasteiger partial charge in [-0.2, -0.15) is 0 Å². The SMILES string of the molecule is CCC(C)S(=O)O.[H-].[K+]. The van der Waals surface area contributed by atoms with Crippen LogP contribution in [0.25, 0.3) is 0 Å². The first-order chi connectivity index (χ1) is 3.18. The summed E-state index contributed by atoms with van der Waals surface area (Å²) in [4.78, 5) is 0. The average molecular weight is 162 g/mol. The van der Waals surface area contributed by atoms with Crippen LogP contribution in [0.15, 0.2) is 0 Å². The second-order valence-electron chi connectivity index (χ2n) is 1.50. The van der Waals surface area contributed by atoms with Crippen LogP contribution in [-0.2, 0) is 11.1 Å². The van der Waals surface area contributed by atoms with Crippen LogP contribution in [0.4, 0.5) is 0 Å². The third-order valence-corrected chi connectivity index (χ3v) is 1.94. The minimum Gasteiger partial charge on any atom is -1.00 e. The Morgan fingerprint density at radius 1 is 1.88 bits per heavy atom. The molecule has 2 atom stereocenters. The van der Waals surface area contributed by atoms with Gasteiger partial charge in [-0.15, -0.1) is 0 Å². The van der Waals surface area contributed by atoms with Gasteiger partial charge in [-0.3, -0.25) is 0 Å². The van der Waals surface area contributed by atoms with Gasteiger partial charge in [0.1, 0.15) is 0 Å². The van der Waals surface area contributed by atoms with Crippen molar-refractivity contribution in [2.24, 2.45) is 0 Å². The molecule has 0 amide bonds. The normalized spacial score (nSPS) is 16.4. The first-order valence-electron chi connectivity index (χ1n) is 2.28. The molecule has 0 bridgehead atoms. The van der Waals surface area contributed by atoms with Crippen molar-refractivity contribution in [2.45, 2.75) is 25.5 Å². The molecule has 46 valence electrons. The van der Waals surface area contributed by atoms with E-state index in [1.807, 2.05) is 6.92 Å². The van der Waals surface area contributed by atoms with E-state index >= 15 is 0 Å². The standard InChI is InChI=1S/C4H10O2S.K.H/c1-3-4(2)7(5)6;;/h4H,3H2,1-2H3,(H,5,6);;/q;+1;-1. The zero-order valence-corrected chi connectivity index (χ0v) is 9.49. The molecule has 0 aromatic heterocycles. The van der Waals surface area contributed by atoms with Crippen LogP contribution in [0, 0.1) is 0 Å². The zero-order valence-electron chi connectivity index (χ0n) is 6.55. The molecule has 0 aliphatic heterocycles. The minimum absolute atomic E-state index is 0. The molecular formula is C4H11KO2S. The topological polar surface area (TPSA) is 37.3 Å².